The van der Waals surface area contributed by atoms with Crippen molar-refractivity contribution in [1.82, 2.24) is 10.0 Å². The molecule has 0 aliphatic heterocycles. The molecular weight excluding hydrogens is 324 g/mol. The summed E-state index contributed by atoms with van der Waals surface area (Å²) < 4.78 is 25.7. The third kappa shape index (κ3) is 5.14. The van der Waals surface area contributed by atoms with Gasteiger partial charge in [-0.05, 0) is 43.7 Å². The monoisotopic (exact) mass is 348 g/mol. The van der Waals surface area contributed by atoms with Crippen LogP contribution >= 0.6 is 0 Å². The van der Waals surface area contributed by atoms with E-state index < -0.39 is 16.1 Å². The first kappa shape index (κ1) is 18.6. The number of benzene rings is 2. The van der Waals surface area contributed by atoms with Crippen LogP contribution in [-0.4, -0.2) is 33.2 Å². The van der Waals surface area contributed by atoms with Gasteiger partial charge in [0.2, 0.25) is 10.0 Å². The van der Waals surface area contributed by atoms with Crippen LogP contribution < -0.4 is 10.0 Å². The maximum atomic E-state index is 11.7. The molecule has 0 saturated heterocycles. The highest BCUT2D eigenvalue weighted by atomic mass is 32.2. The van der Waals surface area contributed by atoms with Crippen molar-refractivity contribution in [2.24, 2.45) is 0 Å². The van der Waals surface area contributed by atoms with Crippen LogP contribution in [0.25, 0.3) is 0 Å². The van der Waals surface area contributed by atoms with E-state index in [0.717, 1.165) is 11.1 Å². The number of nitrogens with one attached hydrogen (secondary N) is 2. The summed E-state index contributed by atoms with van der Waals surface area (Å²) in [6, 6.07) is 16.6. The molecular formula is C18H24N2O3S. The predicted octanol–water partition coefficient (Wildman–Crippen LogP) is 1.85. The summed E-state index contributed by atoms with van der Waals surface area (Å²) in [6.45, 7) is 2.45. The van der Waals surface area contributed by atoms with Crippen molar-refractivity contribution >= 4 is 10.0 Å². The molecule has 24 heavy (non-hydrogen) atoms. The molecule has 3 N–H and O–H groups in total. The van der Waals surface area contributed by atoms with Crippen molar-refractivity contribution in [3.63, 3.8) is 0 Å². The molecule has 2 rings (SSSR count). The lowest BCUT2D eigenvalue weighted by atomic mass is 10.1. The van der Waals surface area contributed by atoms with Gasteiger partial charge >= 0.3 is 0 Å². The molecule has 0 aliphatic rings. The number of hydrogen-bond acceptors (Lipinski definition) is 4. The van der Waals surface area contributed by atoms with Gasteiger partial charge in [0.1, 0.15) is 0 Å². The molecule has 2 atom stereocenters. The lowest BCUT2D eigenvalue weighted by Crippen LogP contribution is -2.30. The fourth-order valence-electron chi connectivity index (χ4n) is 2.44. The number of aliphatic hydroxyl groups excluding tert-OH is 1. The van der Waals surface area contributed by atoms with E-state index in [2.05, 4.69) is 10.0 Å². The first-order chi connectivity index (χ1) is 11.4. The zero-order chi connectivity index (χ0) is 17.6. The summed E-state index contributed by atoms with van der Waals surface area (Å²) in [5, 5.41) is 13.4. The fourth-order valence-corrected chi connectivity index (χ4v) is 3.17. The Kier molecular flexibility index (Phi) is 6.51. The van der Waals surface area contributed by atoms with Crippen LogP contribution in [0.4, 0.5) is 0 Å². The van der Waals surface area contributed by atoms with Crippen LogP contribution in [0.5, 0.6) is 0 Å². The quantitative estimate of drug-likeness (QED) is 0.680. The molecule has 2 unspecified atom stereocenters. The number of aliphatic hydroxyl groups is 1. The lowest BCUT2D eigenvalue weighted by molar-refractivity contribution is 0.168. The van der Waals surface area contributed by atoms with E-state index in [4.69, 9.17) is 0 Å². The Morgan fingerprint density at radius 3 is 2.25 bits per heavy atom. The highest BCUT2D eigenvalue weighted by molar-refractivity contribution is 7.89. The highest BCUT2D eigenvalue weighted by Gasteiger charge is 2.13. The van der Waals surface area contributed by atoms with E-state index in [1.54, 1.807) is 24.3 Å². The van der Waals surface area contributed by atoms with Crippen molar-refractivity contribution in [3.05, 3.63) is 65.7 Å². The number of rotatable bonds is 8. The first-order valence-corrected chi connectivity index (χ1v) is 9.39. The van der Waals surface area contributed by atoms with E-state index in [0.29, 0.717) is 13.0 Å². The van der Waals surface area contributed by atoms with Gasteiger partial charge in [-0.25, -0.2) is 13.1 Å². The second-order valence-electron chi connectivity index (χ2n) is 5.75. The Morgan fingerprint density at radius 1 is 1.04 bits per heavy atom. The zero-order valence-corrected chi connectivity index (χ0v) is 14.8. The molecule has 0 aliphatic carbocycles. The molecule has 0 fully saturated rings. The normalized spacial score (nSPS) is 14.3. The molecule has 0 saturated carbocycles. The van der Waals surface area contributed by atoms with Gasteiger partial charge in [0, 0.05) is 12.6 Å². The zero-order valence-electron chi connectivity index (χ0n) is 13.9. The van der Waals surface area contributed by atoms with E-state index in [9.17, 15) is 13.5 Å². The minimum absolute atomic E-state index is 0.0155. The Hall–Kier alpha value is -1.73. The van der Waals surface area contributed by atoms with Crippen LogP contribution in [0, 0.1) is 0 Å². The number of hydrogen-bond donors (Lipinski definition) is 3. The predicted molar refractivity (Wildman–Crippen MR) is 95.3 cm³/mol. The SMILES string of the molecule is CNS(=O)(=O)c1ccc(C(C)NCC(O)Cc2ccccc2)cc1. The Morgan fingerprint density at radius 2 is 1.67 bits per heavy atom. The molecule has 6 heteroatoms. The second kappa shape index (κ2) is 8.39. The van der Waals surface area contributed by atoms with Crippen LogP contribution in [0.3, 0.4) is 0 Å². The molecule has 0 bridgehead atoms. The molecule has 0 aromatic heterocycles. The Bertz CT molecular complexity index is 731. The summed E-state index contributed by atoms with van der Waals surface area (Å²) in [7, 11) is -2.02. The second-order valence-corrected chi connectivity index (χ2v) is 7.64. The molecule has 0 radical (unpaired) electrons. The van der Waals surface area contributed by atoms with Crippen LogP contribution in [0.2, 0.25) is 0 Å². The molecule has 0 spiro atoms. The Labute approximate surface area is 143 Å². The van der Waals surface area contributed by atoms with Gasteiger partial charge in [0.25, 0.3) is 0 Å². The van der Waals surface area contributed by atoms with E-state index in [1.165, 1.54) is 7.05 Å². The molecule has 5 nitrogen and oxygen atoms in total. The molecule has 0 heterocycles. The smallest absolute Gasteiger partial charge is 0.240 e. The topological polar surface area (TPSA) is 78.4 Å². The maximum absolute atomic E-state index is 11.7. The van der Waals surface area contributed by atoms with Gasteiger partial charge in [-0.15, -0.1) is 0 Å². The van der Waals surface area contributed by atoms with Crippen LogP contribution in [0.1, 0.15) is 24.1 Å². The highest BCUT2D eigenvalue weighted by Crippen LogP contribution is 2.16. The van der Waals surface area contributed by atoms with Crippen LogP contribution in [-0.2, 0) is 16.4 Å². The third-order valence-corrected chi connectivity index (χ3v) is 5.36. The summed E-state index contributed by atoms with van der Waals surface area (Å²) in [5.74, 6) is 0. The van der Waals surface area contributed by atoms with Gasteiger partial charge in [-0.3, -0.25) is 0 Å². The summed E-state index contributed by atoms with van der Waals surface area (Å²) >= 11 is 0. The van der Waals surface area contributed by atoms with Gasteiger partial charge in [0.15, 0.2) is 0 Å². The fraction of sp³-hybridized carbons (Fsp3) is 0.333. The van der Waals surface area contributed by atoms with Crippen LogP contribution in [0.15, 0.2) is 59.5 Å². The van der Waals surface area contributed by atoms with Crippen molar-refractivity contribution in [1.29, 1.82) is 0 Å². The van der Waals surface area contributed by atoms with E-state index in [-0.39, 0.29) is 10.9 Å². The summed E-state index contributed by atoms with van der Waals surface area (Å²) in [6.07, 6.45) is 0.124. The van der Waals surface area contributed by atoms with Crippen molar-refractivity contribution in [2.45, 2.75) is 30.4 Å². The van der Waals surface area contributed by atoms with Gasteiger partial charge in [0.05, 0.1) is 11.0 Å². The molecule has 0 amide bonds. The minimum Gasteiger partial charge on any atom is -0.391 e. The first-order valence-electron chi connectivity index (χ1n) is 7.91. The third-order valence-electron chi connectivity index (χ3n) is 3.93. The largest absolute Gasteiger partial charge is 0.391 e. The van der Waals surface area contributed by atoms with E-state index in [1.807, 2.05) is 37.3 Å². The standard InChI is InChI=1S/C18H24N2O3S/c1-14(16-8-10-18(11-9-16)24(22,23)19-2)20-13-17(21)12-15-6-4-3-5-7-15/h3-11,14,17,19-21H,12-13H2,1-2H3. The Balaban J connectivity index is 1.89. The van der Waals surface area contributed by atoms with Crippen molar-refractivity contribution in [3.8, 4) is 0 Å². The van der Waals surface area contributed by atoms with Crippen molar-refractivity contribution in [2.75, 3.05) is 13.6 Å². The number of sulfonamides is 1. The van der Waals surface area contributed by atoms with Gasteiger partial charge < -0.3 is 10.4 Å². The summed E-state index contributed by atoms with van der Waals surface area (Å²) in [5.41, 5.74) is 2.07. The van der Waals surface area contributed by atoms with E-state index >= 15 is 0 Å². The van der Waals surface area contributed by atoms with Gasteiger partial charge in [-0.2, -0.15) is 0 Å². The maximum Gasteiger partial charge on any atom is 0.240 e. The average molecular weight is 348 g/mol. The van der Waals surface area contributed by atoms with Crippen molar-refractivity contribution < 1.29 is 13.5 Å². The van der Waals surface area contributed by atoms with Gasteiger partial charge in [-0.1, -0.05) is 42.5 Å². The average Bonchev–Trinajstić information content (AvgIpc) is 2.60. The minimum atomic E-state index is -3.41. The summed E-state index contributed by atoms with van der Waals surface area (Å²) in [4.78, 5) is 0.241. The molecule has 2 aromatic rings. The lowest BCUT2D eigenvalue weighted by Gasteiger charge is -2.18. The molecule has 130 valence electrons. The molecule has 2 aromatic carbocycles.